The maximum absolute atomic E-state index is 12.9. The van der Waals surface area contributed by atoms with Crippen molar-refractivity contribution in [2.75, 3.05) is 0 Å². The molecule has 3 rings (SSSR count). The minimum absolute atomic E-state index is 0.0837. The Hall–Kier alpha value is -3.65. The third kappa shape index (κ3) is 5.95. The van der Waals surface area contributed by atoms with Gasteiger partial charge in [0.05, 0.1) is 6.04 Å². The summed E-state index contributed by atoms with van der Waals surface area (Å²) in [6.45, 7) is 3.85. The second-order valence-electron chi connectivity index (χ2n) is 8.05. The highest BCUT2D eigenvalue weighted by molar-refractivity contribution is 5.90. The van der Waals surface area contributed by atoms with Gasteiger partial charge in [-0.15, -0.1) is 0 Å². The molecule has 5 N–H and O–H groups in total. The van der Waals surface area contributed by atoms with Crippen molar-refractivity contribution in [2.24, 2.45) is 11.7 Å². The van der Waals surface area contributed by atoms with Crippen LogP contribution in [0.15, 0.2) is 63.8 Å². The Morgan fingerprint density at radius 1 is 1.00 bits per heavy atom. The number of phenolic OH excluding ortho intramolecular Hbond substituents is 1. The highest BCUT2D eigenvalue weighted by Gasteiger charge is 2.25. The number of rotatable bonds is 8. The number of fused-ring (bicyclic) bond motifs is 1. The SMILES string of the molecule is CC(C)[C@H](N)C(=O)N[C@@H](Cc1ccc(O)cc1)C(=O)NCc1ccc2ccc(=O)oc2c1. The fourth-order valence-corrected chi connectivity index (χ4v) is 3.18. The Bertz CT molecular complexity index is 1150. The fourth-order valence-electron chi connectivity index (χ4n) is 3.18. The molecule has 0 fully saturated rings. The number of amides is 2. The van der Waals surface area contributed by atoms with Gasteiger partial charge in [-0.05, 0) is 41.3 Å². The van der Waals surface area contributed by atoms with Gasteiger partial charge in [0.15, 0.2) is 0 Å². The smallest absolute Gasteiger partial charge is 0.336 e. The van der Waals surface area contributed by atoms with Crippen LogP contribution in [-0.4, -0.2) is 29.0 Å². The normalized spacial score (nSPS) is 13.0. The van der Waals surface area contributed by atoms with Gasteiger partial charge < -0.3 is 25.9 Å². The van der Waals surface area contributed by atoms with Crippen molar-refractivity contribution in [2.45, 2.75) is 38.9 Å². The predicted molar refractivity (Wildman–Crippen MR) is 121 cm³/mol. The van der Waals surface area contributed by atoms with E-state index in [0.29, 0.717) is 5.58 Å². The lowest BCUT2D eigenvalue weighted by atomic mass is 10.0. The molecule has 1 heterocycles. The first-order valence-electron chi connectivity index (χ1n) is 10.4. The van der Waals surface area contributed by atoms with E-state index in [1.165, 1.54) is 18.2 Å². The van der Waals surface area contributed by atoms with Crippen LogP contribution >= 0.6 is 0 Å². The molecular weight excluding hydrogens is 410 g/mol. The molecule has 0 unspecified atom stereocenters. The number of carbonyl (C=O) groups excluding carboxylic acids is 2. The zero-order valence-electron chi connectivity index (χ0n) is 18.0. The molecule has 0 bridgehead atoms. The van der Waals surface area contributed by atoms with E-state index in [2.05, 4.69) is 10.6 Å². The van der Waals surface area contributed by atoms with Gasteiger partial charge in [-0.1, -0.05) is 38.1 Å². The van der Waals surface area contributed by atoms with Crippen LogP contribution < -0.4 is 22.0 Å². The summed E-state index contributed by atoms with van der Waals surface area (Å²) in [4.78, 5) is 36.9. The molecule has 0 aliphatic carbocycles. The van der Waals surface area contributed by atoms with Crippen molar-refractivity contribution in [3.05, 3.63) is 76.1 Å². The topological polar surface area (TPSA) is 135 Å². The second-order valence-corrected chi connectivity index (χ2v) is 8.05. The van der Waals surface area contributed by atoms with Crippen LogP contribution in [-0.2, 0) is 22.6 Å². The van der Waals surface area contributed by atoms with Crippen LogP contribution in [0.1, 0.15) is 25.0 Å². The fraction of sp³-hybridized carbons (Fsp3) is 0.292. The van der Waals surface area contributed by atoms with Crippen LogP contribution in [0.5, 0.6) is 5.75 Å². The maximum atomic E-state index is 12.9. The zero-order chi connectivity index (χ0) is 23.3. The average molecular weight is 437 g/mol. The minimum atomic E-state index is -0.852. The lowest BCUT2D eigenvalue weighted by Gasteiger charge is -2.22. The number of nitrogens with one attached hydrogen (secondary N) is 2. The zero-order valence-corrected chi connectivity index (χ0v) is 18.0. The number of carbonyl (C=O) groups is 2. The summed E-state index contributed by atoms with van der Waals surface area (Å²) in [6.07, 6.45) is 0.231. The summed E-state index contributed by atoms with van der Waals surface area (Å²) in [5, 5.41) is 15.8. The summed E-state index contributed by atoms with van der Waals surface area (Å²) in [5.41, 5.74) is 7.44. The first kappa shape index (κ1) is 23.0. The van der Waals surface area contributed by atoms with Gasteiger partial charge in [-0.2, -0.15) is 0 Å². The molecule has 168 valence electrons. The van der Waals surface area contributed by atoms with Crippen LogP contribution in [0.2, 0.25) is 0 Å². The van der Waals surface area contributed by atoms with Gasteiger partial charge in [0.2, 0.25) is 11.8 Å². The van der Waals surface area contributed by atoms with Crippen molar-refractivity contribution < 1.29 is 19.1 Å². The Morgan fingerprint density at radius 3 is 2.34 bits per heavy atom. The van der Waals surface area contributed by atoms with Gasteiger partial charge in [0.1, 0.15) is 17.4 Å². The minimum Gasteiger partial charge on any atom is -0.508 e. The van der Waals surface area contributed by atoms with E-state index in [1.54, 1.807) is 30.3 Å². The van der Waals surface area contributed by atoms with Crippen molar-refractivity contribution in [1.29, 1.82) is 0 Å². The van der Waals surface area contributed by atoms with Gasteiger partial charge in [0, 0.05) is 24.4 Å². The van der Waals surface area contributed by atoms with Gasteiger partial charge >= 0.3 is 5.63 Å². The molecule has 0 aliphatic heterocycles. The molecule has 8 nitrogen and oxygen atoms in total. The Balaban J connectivity index is 1.73. The summed E-state index contributed by atoms with van der Waals surface area (Å²) >= 11 is 0. The van der Waals surface area contributed by atoms with Crippen LogP contribution in [0.3, 0.4) is 0 Å². The first-order chi connectivity index (χ1) is 15.2. The van der Waals surface area contributed by atoms with E-state index in [0.717, 1.165) is 16.5 Å². The summed E-state index contributed by atoms with van der Waals surface area (Å²) in [7, 11) is 0. The quantitative estimate of drug-likeness (QED) is 0.397. The van der Waals surface area contributed by atoms with Crippen LogP contribution in [0.25, 0.3) is 11.0 Å². The molecule has 0 saturated heterocycles. The number of hydrogen-bond acceptors (Lipinski definition) is 6. The van der Waals surface area contributed by atoms with Gasteiger partial charge in [0.25, 0.3) is 0 Å². The van der Waals surface area contributed by atoms with Crippen molar-refractivity contribution >= 4 is 22.8 Å². The molecule has 1 aromatic heterocycles. The number of aromatic hydroxyl groups is 1. The Morgan fingerprint density at radius 2 is 1.66 bits per heavy atom. The summed E-state index contributed by atoms with van der Waals surface area (Å²) in [6, 6.07) is 13.2. The van der Waals surface area contributed by atoms with Gasteiger partial charge in [-0.3, -0.25) is 9.59 Å². The van der Waals surface area contributed by atoms with E-state index >= 15 is 0 Å². The summed E-state index contributed by atoms with van der Waals surface area (Å²) < 4.78 is 5.19. The molecule has 0 radical (unpaired) electrons. The number of benzene rings is 2. The number of nitrogens with two attached hydrogens (primary N) is 1. The lowest BCUT2D eigenvalue weighted by Crippen LogP contribution is -2.53. The monoisotopic (exact) mass is 437 g/mol. The third-order valence-electron chi connectivity index (χ3n) is 5.18. The highest BCUT2D eigenvalue weighted by atomic mass is 16.4. The number of hydrogen-bond donors (Lipinski definition) is 4. The molecule has 2 atom stereocenters. The standard InChI is InChI=1S/C24H27N3O5/c1-14(2)22(25)24(31)27-19(11-15-4-8-18(28)9-5-15)23(30)26-13-16-3-6-17-7-10-21(29)32-20(17)12-16/h3-10,12,14,19,22,28H,11,13,25H2,1-2H3,(H,26,30)(H,27,31)/t19-,22-/m0/s1. The Kier molecular flexibility index (Phi) is 7.27. The molecule has 3 aromatic rings. The molecule has 0 spiro atoms. The van der Waals surface area contributed by atoms with E-state index < -0.39 is 23.6 Å². The molecule has 2 amide bonds. The van der Waals surface area contributed by atoms with Crippen molar-refractivity contribution in [3.8, 4) is 5.75 Å². The number of phenols is 1. The van der Waals surface area contributed by atoms with Crippen molar-refractivity contribution in [1.82, 2.24) is 10.6 Å². The summed E-state index contributed by atoms with van der Waals surface area (Å²) in [5.74, 6) is -0.758. The average Bonchev–Trinajstić information content (AvgIpc) is 2.77. The molecule has 0 aliphatic rings. The molecule has 0 saturated carbocycles. The van der Waals surface area contributed by atoms with Crippen LogP contribution in [0, 0.1) is 5.92 Å². The largest absolute Gasteiger partial charge is 0.508 e. The van der Waals surface area contributed by atoms with Gasteiger partial charge in [-0.25, -0.2) is 4.79 Å². The van der Waals surface area contributed by atoms with Crippen LogP contribution in [0.4, 0.5) is 0 Å². The van der Waals surface area contributed by atoms with E-state index in [4.69, 9.17) is 10.2 Å². The second kappa shape index (κ2) is 10.1. The molecule has 8 heteroatoms. The van der Waals surface area contributed by atoms with Crippen molar-refractivity contribution in [3.63, 3.8) is 0 Å². The molecule has 2 aromatic carbocycles. The first-order valence-corrected chi connectivity index (χ1v) is 10.4. The van der Waals surface area contributed by atoms with E-state index in [-0.39, 0.29) is 30.5 Å². The lowest BCUT2D eigenvalue weighted by molar-refractivity contribution is -0.130. The highest BCUT2D eigenvalue weighted by Crippen LogP contribution is 2.15. The maximum Gasteiger partial charge on any atom is 0.336 e. The Labute approximate surface area is 185 Å². The molecule has 32 heavy (non-hydrogen) atoms. The predicted octanol–water partition coefficient (Wildman–Crippen LogP) is 1.83. The third-order valence-corrected chi connectivity index (χ3v) is 5.18. The molecular formula is C24H27N3O5. The van der Waals surface area contributed by atoms with E-state index in [9.17, 15) is 19.5 Å². The van der Waals surface area contributed by atoms with E-state index in [1.807, 2.05) is 19.9 Å².